The number of piperidine rings is 1. The fraction of sp³-hybridized carbons (Fsp3) is 0.900. The zero-order valence-electron chi connectivity index (χ0n) is 9.49. The van der Waals surface area contributed by atoms with Gasteiger partial charge in [-0.1, -0.05) is 0 Å². The first kappa shape index (κ1) is 12.3. The van der Waals surface area contributed by atoms with E-state index >= 15 is 0 Å². The topological polar surface area (TPSA) is 50.8 Å². The quantitative estimate of drug-likeness (QED) is 0.716. The molecule has 0 spiro atoms. The second-order valence-corrected chi connectivity index (χ2v) is 3.51. The van der Waals surface area contributed by atoms with Crippen LogP contribution in [-0.4, -0.2) is 43.3 Å². The van der Waals surface area contributed by atoms with E-state index in [4.69, 9.17) is 9.57 Å². The molecule has 1 fully saturated rings. The summed E-state index contributed by atoms with van der Waals surface area (Å²) < 4.78 is 4.93. The van der Waals surface area contributed by atoms with E-state index in [2.05, 4.69) is 5.48 Å². The zero-order chi connectivity index (χ0) is 11.1. The molecule has 1 N–H and O–H groups in total. The Balaban J connectivity index is 2.20. The summed E-state index contributed by atoms with van der Waals surface area (Å²) in [5.41, 5.74) is 2.98. The molecule has 1 heterocycles. The molecular formula is C10H20N2O3. The SMILES string of the molecule is CCONC1CCN(C(=O)OCC)CC1. The van der Waals surface area contributed by atoms with E-state index in [0.29, 0.717) is 19.3 Å². The van der Waals surface area contributed by atoms with Crippen LogP contribution < -0.4 is 5.48 Å². The van der Waals surface area contributed by atoms with Crippen molar-refractivity contribution in [3.8, 4) is 0 Å². The summed E-state index contributed by atoms with van der Waals surface area (Å²) >= 11 is 0. The standard InChI is InChI=1S/C10H20N2O3/c1-3-14-10(13)12-7-5-9(6-8-12)11-15-4-2/h9,11H,3-8H2,1-2H3. The summed E-state index contributed by atoms with van der Waals surface area (Å²) in [7, 11) is 0. The Morgan fingerprint density at radius 1 is 1.33 bits per heavy atom. The highest BCUT2D eigenvalue weighted by molar-refractivity contribution is 5.67. The van der Waals surface area contributed by atoms with Crippen molar-refractivity contribution in [2.75, 3.05) is 26.3 Å². The molecule has 0 aliphatic carbocycles. The molecule has 1 saturated heterocycles. The van der Waals surface area contributed by atoms with E-state index in [0.717, 1.165) is 25.9 Å². The molecule has 5 nitrogen and oxygen atoms in total. The van der Waals surface area contributed by atoms with Gasteiger partial charge in [-0.05, 0) is 26.7 Å². The summed E-state index contributed by atoms with van der Waals surface area (Å²) in [6.45, 7) is 6.35. The van der Waals surface area contributed by atoms with Crippen molar-refractivity contribution in [2.45, 2.75) is 32.7 Å². The Kier molecular flexibility index (Phi) is 5.42. The van der Waals surface area contributed by atoms with Gasteiger partial charge in [-0.15, -0.1) is 0 Å². The number of rotatable bonds is 4. The second kappa shape index (κ2) is 6.63. The molecule has 1 amide bonds. The number of ether oxygens (including phenoxy) is 1. The monoisotopic (exact) mass is 216 g/mol. The van der Waals surface area contributed by atoms with Crippen LogP contribution in [0.5, 0.6) is 0 Å². The minimum Gasteiger partial charge on any atom is -0.450 e. The van der Waals surface area contributed by atoms with Crippen molar-refractivity contribution < 1.29 is 14.4 Å². The highest BCUT2D eigenvalue weighted by atomic mass is 16.6. The van der Waals surface area contributed by atoms with Crippen molar-refractivity contribution in [2.24, 2.45) is 0 Å². The van der Waals surface area contributed by atoms with Crippen molar-refractivity contribution in [3.63, 3.8) is 0 Å². The Bertz CT molecular complexity index is 191. The van der Waals surface area contributed by atoms with E-state index in [1.807, 2.05) is 13.8 Å². The molecular weight excluding hydrogens is 196 g/mol. The molecule has 0 radical (unpaired) electrons. The first-order valence-corrected chi connectivity index (χ1v) is 5.57. The van der Waals surface area contributed by atoms with Crippen LogP contribution in [0, 0.1) is 0 Å². The van der Waals surface area contributed by atoms with Crippen molar-refractivity contribution in [1.29, 1.82) is 0 Å². The first-order chi connectivity index (χ1) is 7.27. The van der Waals surface area contributed by atoms with Crippen LogP contribution in [0.1, 0.15) is 26.7 Å². The van der Waals surface area contributed by atoms with Gasteiger partial charge < -0.3 is 14.5 Å². The summed E-state index contributed by atoms with van der Waals surface area (Å²) in [5, 5.41) is 0. The Morgan fingerprint density at radius 3 is 2.53 bits per heavy atom. The van der Waals surface area contributed by atoms with Gasteiger partial charge in [-0.25, -0.2) is 4.79 Å². The number of amides is 1. The van der Waals surface area contributed by atoms with Gasteiger partial charge in [0.2, 0.25) is 0 Å². The largest absolute Gasteiger partial charge is 0.450 e. The number of carbonyl (C=O) groups is 1. The molecule has 0 saturated carbocycles. The number of hydroxylamine groups is 1. The average molecular weight is 216 g/mol. The number of likely N-dealkylation sites (tertiary alicyclic amines) is 1. The second-order valence-electron chi connectivity index (χ2n) is 3.51. The van der Waals surface area contributed by atoms with Crippen LogP contribution in [0.25, 0.3) is 0 Å². The van der Waals surface area contributed by atoms with Crippen LogP contribution in [0.2, 0.25) is 0 Å². The smallest absolute Gasteiger partial charge is 0.409 e. The number of nitrogens with one attached hydrogen (secondary N) is 1. The van der Waals surface area contributed by atoms with E-state index in [9.17, 15) is 4.79 Å². The maximum atomic E-state index is 11.4. The molecule has 1 rings (SSSR count). The van der Waals surface area contributed by atoms with Gasteiger partial charge in [0.15, 0.2) is 0 Å². The molecule has 0 bridgehead atoms. The third-order valence-electron chi connectivity index (χ3n) is 2.42. The van der Waals surface area contributed by atoms with Crippen molar-refractivity contribution in [3.05, 3.63) is 0 Å². The normalized spacial score (nSPS) is 17.9. The fourth-order valence-corrected chi connectivity index (χ4v) is 1.60. The van der Waals surface area contributed by atoms with Gasteiger partial charge in [-0.2, -0.15) is 5.48 Å². The van der Waals surface area contributed by atoms with Gasteiger partial charge in [0.05, 0.1) is 13.2 Å². The lowest BCUT2D eigenvalue weighted by atomic mass is 10.1. The first-order valence-electron chi connectivity index (χ1n) is 5.57. The number of carbonyl (C=O) groups excluding carboxylic acids is 1. The molecule has 0 unspecified atom stereocenters. The molecule has 88 valence electrons. The Morgan fingerprint density at radius 2 is 2.00 bits per heavy atom. The minimum absolute atomic E-state index is 0.202. The molecule has 0 aromatic carbocycles. The Labute approximate surface area is 90.7 Å². The predicted molar refractivity (Wildman–Crippen MR) is 56.4 cm³/mol. The molecule has 1 aliphatic heterocycles. The van der Waals surface area contributed by atoms with E-state index in [-0.39, 0.29) is 6.09 Å². The van der Waals surface area contributed by atoms with Crippen LogP contribution in [0.15, 0.2) is 0 Å². The predicted octanol–water partition coefficient (Wildman–Crippen LogP) is 1.15. The number of hydrogen-bond acceptors (Lipinski definition) is 4. The summed E-state index contributed by atoms with van der Waals surface area (Å²) in [4.78, 5) is 18.2. The van der Waals surface area contributed by atoms with Crippen molar-refractivity contribution in [1.82, 2.24) is 10.4 Å². The van der Waals surface area contributed by atoms with Crippen LogP contribution >= 0.6 is 0 Å². The molecule has 0 aromatic heterocycles. The van der Waals surface area contributed by atoms with Crippen molar-refractivity contribution >= 4 is 6.09 Å². The maximum absolute atomic E-state index is 11.4. The van der Waals surface area contributed by atoms with E-state index in [1.54, 1.807) is 4.90 Å². The number of nitrogens with zero attached hydrogens (tertiary/aromatic N) is 1. The summed E-state index contributed by atoms with van der Waals surface area (Å²) in [5.74, 6) is 0. The van der Waals surface area contributed by atoms with Crippen LogP contribution in [0.3, 0.4) is 0 Å². The molecule has 0 aromatic rings. The highest BCUT2D eigenvalue weighted by Crippen LogP contribution is 2.11. The van der Waals surface area contributed by atoms with E-state index < -0.39 is 0 Å². The average Bonchev–Trinajstić information content (AvgIpc) is 2.27. The fourth-order valence-electron chi connectivity index (χ4n) is 1.60. The summed E-state index contributed by atoms with van der Waals surface area (Å²) in [6.07, 6.45) is 1.63. The Hall–Kier alpha value is -0.810. The molecule has 15 heavy (non-hydrogen) atoms. The third kappa shape index (κ3) is 4.05. The van der Waals surface area contributed by atoms with Gasteiger partial charge in [0, 0.05) is 19.1 Å². The molecule has 1 aliphatic rings. The highest BCUT2D eigenvalue weighted by Gasteiger charge is 2.23. The number of hydrogen-bond donors (Lipinski definition) is 1. The molecule has 0 atom stereocenters. The van der Waals surface area contributed by atoms with E-state index in [1.165, 1.54) is 0 Å². The van der Waals surface area contributed by atoms with Crippen LogP contribution in [-0.2, 0) is 9.57 Å². The lowest BCUT2D eigenvalue weighted by molar-refractivity contribution is 0.00585. The van der Waals surface area contributed by atoms with Gasteiger partial charge in [0.25, 0.3) is 0 Å². The maximum Gasteiger partial charge on any atom is 0.409 e. The zero-order valence-corrected chi connectivity index (χ0v) is 9.49. The van der Waals surface area contributed by atoms with Gasteiger partial charge in [-0.3, -0.25) is 0 Å². The lowest BCUT2D eigenvalue weighted by Crippen LogP contribution is -2.45. The minimum atomic E-state index is -0.202. The third-order valence-corrected chi connectivity index (χ3v) is 2.42. The van der Waals surface area contributed by atoms with Gasteiger partial charge >= 0.3 is 6.09 Å². The van der Waals surface area contributed by atoms with Crippen LogP contribution in [0.4, 0.5) is 4.79 Å². The van der Waals surface area contributed by atoms with Gasteiger partial charge in [0.1, 0.15) is 0 Å². The molecule has 5 heteroatoms. The summed E-state index contributed by atoms with van der Waals surface area (Å²) in [6, 6.07) is 0.357. The lowest BCUT2D eigenvalue weighted by Gasteiger charge is -2.31.